The van der Waals surface area contributed by atoms with Crippen LogP contribution in [0.5, 0.6) is 11.6 Å². The molecule has 4 heterocycles. The number of para-hydroxylation sites is 1. The number of hydrogen-bond donors (Lipinski definition) is 3. The van der Waals surface area contributed by atoms with Crippen molar-refractivity contribution in [3.63, 3.8) is 0 Å². The lowest BCUT2D eigenvalue weighted by Crippen LogP contribution is -2.36. The molecule has 0 fully saturated rings. The summed E-state index contributed by atoms with van der Waals surface area (Å²) >= 11 is 6.37. The van der Waals surface area contributed by atoms with E-state index in [-0.39, 0.29) is 11.8 Å². The molecule has 180 valence electrons. The van der Waals surface area contributed by atoms with Crippen molar-refractivity contribution in [1.82, 2.24) is 20.3 Å². The van der Waals surface area contributed by atoms with Crippen molar-refractivity contribution in [2.24, 2.45) is 0 Å². The van der Waals surface area contributed by atoms with Crippen molar-refractivity contribution in [2.75, 3.05) is 39.8 Å². The van der Waals surface area contributed by atoms with Crippen molar-refractivity contribution in [2.45, 2.75) is 5.92 Å². The van der Waals surface area contributed by atoms with E-state index >= 15 is 0 Å². The number of H-pyrrole nitrogens is 1. The summed E-state index contributed by atoms with van der Waals surface area (Å²) in [6.45, 7) is 0.902. The number of fused-ring (bicyclic) bond motifs is 2. The molecule has 35 heavy (non-hydrogen) atoms. The predicted molar refractivity (Wildman–Crippen MR) is 134 cm³/mol. The maximum absolute atomic E-state index is 13.2. The molecule has 0 aliphatic carbocycles. The van der Waals surface area contributed by atoms with Gasteiger partial charge in [0.25, 0.3) is 5.91 Å². The number of nitrogens with one attached hydrogen (secondary N) is 3. The minimum absolute atomic E-state index is 0.0566. The highest BCUT2D eigenvalue weighted by Gasteiger charge is 2.33. The predicted octanol–water partition coefficient (Wildman–Crippen LogP) is 4.51. The zero-order chi connectivity index (χ0) is 24.5. The van der Waals surface area contributed by atoms with Gasteiger partial charge in [0.15, 0.2) is 5.75 Å². The van der Waals surface area contributed by atoms with Crippen LogP contribution < -0.4 is 20.1 Å². The first-order valence-electron chi connectivity index (χ1n) is 11.0. The minimum Gasteiger partial charge on any atom is -0.493 e. The van der Waals surface area contributed by atoms with Crippen molar-refractivity contribution in [3.05, 3.63) is 58.9 Å². The molecule has 1 amide bonds. The van der Waals surface area contributed by atoms with Gasteiger partial charge in [-0.05, 0) is 24.3 Å². The number of aromatic nitrogens is 3. The summed E-state index contributed by atoms with van der Waals surface area (Å²) < 4.78 is 16.3. The van der Waals surface area contributed by atoms with Crippen LogP contribution in [0.25, 0.3) is 22.3 Å². The Labute approximate surface area is 206 Å². The van der Waals surface area contributed by atoms with E-state index in [1.165, 1.54) is 0 Å². The lowest BCUT2D eigenvalue weighted by molar-refractivity contribution is 0.0925. The van der Waals surface area contributed by atoms with Gasteiger partial charge in [0.05, 0.1) is 54.0 Å². The Morgan fingerprint density at radius 3 is 2.77 bits per heavy atom. The molecule has 5 rings (SSSR count). The fourth-order valence-electron chi connectivity index (χ4n) is 4.41. The topological polar surface area (TPSA) is 110 Å². The molecule has 0 spiro atoms. The van der Waals surface area contributed by atoms with E-state index in [1.54, 1.807) is 39.7 Å². The Morgan fingerprint density at radius 2 is 2.00 bits per heavy atom. The first-order chi connectivity index (χ1) is 17.0. The van der Waals surface area contributed by atoms with Gasteiger partial charge in [-0.25, -0.2) is 4.98 Å². The minimum atomic E-state index is -0.192. The summed E-state index contributed by atoms with van der Waals surface area (Å²) in [5.41, 5.74) is 5.25. The van der Waals surface area contributed by atoms with Gasteiger partial charge < -0.3 is 29.8 Å². The van der Waals surface area contributed by atoms with E-state index in [1.807, 2.05) is 24.3 Å². The highest BCUT2D eigenvalue weighted by atomic mass is 35.5. The average molecular weight is 494 g/mol. The third-order valence-electron chi connectivity index (χ3n) is 6.01. The van der Waals surface area contributed by atoms with Gasteiger partial charge in [0, 0.05) is 43.1 Å². The smallest absolute Gasteiger partial charge is 0.255 e. The zero-order valence-electron chi connectivity index (χ0n) is 19.4. The fourth-order valence-corrected chi connectivity index (χ4v) is 4.66. The van der Waals surface area contributed by atoms with Crippen LogP contribution in [0.15, 0.2) is 42.6 Å². The lowest BCUT2D eigenvalue weighted by atomic mass is 9.97. The van der Waals surface area contributed by atoms with Crippen LogP contribution in [0.1, 0.15) is 22.0 Å². The molecule has 0 radical (unpaired) electrons. The van der Waals surface area contributed by atoms with Crippen molar-refractivity contribution < 1.29 is 19.0 Å². The summed E-state index contributed by atoms with van der Waals surface area (Å²) in [5.74, 6) is 0.685. The second kappa shape index (κ2) is 9.44. The number of amides is 1. The number of aromatic amines is 1. The summed E-state index contributed by atoms with van der Waals surface area (Å²) in [6.07, 6.45) is 1.71. The highest BCUT2D eigenvalue weighted by Crippen LogP contribution is 2.43. The molecule has 3 N–H and O–H groups in total. The first-order valence-corrected chi connectivity index (χ1v) is 11.4. The summed E-state index contributed by atoms with van der Waals surface area (Å²) in [7, 11) is 4.76. The van der Waals surface area contributed by atoms with Crippen LogP contribution in [0.3, 0.4) is 0 Å². The van der Waals surface area contributed by atoms with E-state index in [9.17, 15) is 4.79 Å². The number of rotatable bonds is 7. The van der Waals surface area contributed by atoms with Crippen LogP contribution in [0, 0.1) is 0 Å². The Bertz CT molecular complexity index is 1420. The molecule has 3 aromatic heterocycles. The molecular formula is C25H24ClN5O4. The Hall–Kier alpha value is -3.82. The standard InChI is InChI=1S/C25H24ClN5O4/c1-33-12-13-11-28-25(32)19-20(13)31-22(23(19)29-17-6-4-5-15(26)24(17)35-3)14-9-10-27-16-7-8-18(34-2)30-21(14)16/h4-10,13,29,31H,11-12H2,1-3H3,(H,28,32)/t13-/m0/s1. The van der Waals surface area contributed by atoms with Crippen LogP contribution in [0.4, 0.5) is 11.4 Å². The molecule has 1 aliphatic rings. The molecule has 1 aliphatic heterocycles. The first kappa shape index (κ1) is 22.9. The number of ether oxygens (including phenoxy) is 3. The number of halogens is 1. The summed E-state index contributed by atoms with van der Waals surface area (Å²) in [5, 5.41) is 6.83. The largest absolute Gasteiger partial charge is 0.493 e. The van der Waals surface area contributed by atoms with E-state index < -0.39 is 0 Å². The van der Waals surface area contributed by atoms with Gasteiger partial charge in [-0.3, -0.25) is 9.78 Å². The fraction of sp³-hybridized carbons (Fsp3) is 0.240. The average Bonchev–Trinajstić information content (AvgIpc) is 3.25. The zero-order valence-corrected chi connectivity index (χ0v) is 20.2. The molecule has 10 heteroatoms. The number of hydrogen-bond acceptors (Lipinski definition) is 7. The molecule has 1 atom stereocenters. The Kier molecular flexibility index (Phi) is 6.19. The molecule has 0 saturated carbocycles. The summed E-state index contributed by atoms with van der Waals surface area (Å²) in [4.78, 5) is 25.7. The summed E-state index contributed by atoms with van der Waals surface area (Å²) in [6, 6.07) is 10.9. The number of carbonyl (C=O) groups excluding carboxylic acids is 1. The number of nitrogens with zero attached hydrogens (tertiary/aromatic N) is 2. The maximum atomic E-state index is 13.2. The van der Waals surface area contributed by atoms with Crippen LogP contribution >= 0.6 is 11.6 Å². The molecule has 4 aromatic rings. The van der Waals surface area contributed by atoms with Gasteiger partial charge >= 0.3 is 0 Å². The number of benzene rings is 1. The second-order valence-corrected chi connectivity index (χ2v) is 8.46. The normalized spacial score (nSPS) is 15.0. The van der Waals surface area contributed by atoms with Crippen molar-refractivity contribution >= 4 is 39.9 Å². The Morgan fingerprint density at radius 1 is 1.14 bits per heavy atom. The molecular weight excluding hydrogens is 470 g/mol. The molecule has 0 bridgehead atoms. The van der Waals surface area contributed by atoms with Gasteiger partial charge in [-0.2, -0.15) is 0 Å². The van der Waals surface area contributed by atoms with Crippen molar-refractivity contribution in [3.8, 4) is 22.9 Å². The van der Waals surface area contributed by atoms with Gasteiger partial charge in [0.1, 0.15) is 5.52 Å². The van der Waals surface area contributed by atoms with E-state index in [0.717, 1.165) is 11.3 Å². The van der Waals surface area contributed by atoms with Crippen molar-refractivity contribution in [1.29, 1.82) is 0 Å². The van der Waals surface area contributed by atoms with Crippen LogP contribution in [-0.4, -0.2) is 55.3 Å². The molecule has 0 unspecified atom stereocenters. The van der Waals surface area contributed by atoms with Gasteiger partial charge in [0.2, 0.25) is 5.88 Å². The van der Waals surface area contributed by atoms with Crippen LogP contribution in [-0.2, 0) is 4.74 Å². The number of anilines is 2. The number of methoxy groups -OCH3 is 3. The van der Waals surface area contributed by atoms with E-state index in [4.69, 9.17) is 25.8 Å². The number of carbonyl (C=O) groups is 1. The van der Waals surface area contributed by atoms with Crippen LogP contribution in [0.2, 0.25) is 5.02 Å². The molecule has 0 saturated heterocycles. The highest BCUT2D eigenvalue weighted by molar-refractivity contribution is 6.32. The molecule has 1 aromatic carbocycles. The maximum Gasteiger partial charge on any atom is 0.255 e. The monoisotopic (exact) mass is 493 g/mol. The Balaban J connectivity index is 1.78. The third-order valence-corrected chi connectivity index (χ3v) is 6.31. The second-order valence-electron chi connectivity index (χ2n) is 8.05. The van der Waals surface area contributed by atoms with E-state index in [2.05, 4.69) is 25.6 Å². The molecule has 9 nitrogen and oxygen atoms in total. The number of pyridine rings is 2. The third kappa shape index (κ3) is 4.02. The SMILES string of the molecule is COC[C@@H]1CNC(=O)c2c1[nH]c(-c1ccnc3ccc(OC)nc13)c2Nc1cccc(Cl)c1OC. The lowest BCUT2D eigenvalue weighted by Gasteiger charge is -2.23. The quantitative estimate of drug-likeness (QED) is 0.347. The van der Waals surface area contributed by atoms with E-state index in [0.29, 0.717) is 63.5 Å². The van der Waals surface area contributed by atoms with Gasteiger partial charge in [-0.1, -0.05) is 17.7 Å². The van der Waals surface area contributed by atoms with Gasteiger partial charge in [-0.15, -0.1) is 0 Å².